The summed E-state index contributed by atoms with van der Waals surface area (Å²) in [7, 11) is 0. The number of carbonyl (C=O) groups is 1. The molecule has 2 fully saturated rings. The van der Waals surface area contributed by atoms with Crippen molar-refractivity contribution in [2.24, 2.45) is 0 Å². The van der Waals surface area contributed by atoms with E-state index in [2.05, 4.69) is 39.8 Å². The third-order valence-electron chi connectivity index (χ3n) is 4.21. The van der Waals surface area contributed by atoms with Crippen LogP contribution in [0, 0.1) is 0 Å². The Morgan fingerprint density at radius 2 is 1.95 bits per heavy atom. The fourth-order valence-corrected chi connectivity index (χ4v) is 3.02. The summed E-state index contributed by atoms with van der Waals surface area (Å²) >= 11 is 0. The van der Waals surface area contributed by atoms with Crippen LogP contribution in [0.1, 0.15) is 31.2 Å². The highest BCUT2D eigenvalue weighted by Crippen LogP contribution is 2.20. The van der Waals surface area contributed by atoms with E-state index >= 15 is 0 Å². The molecule has 2 aliphatic rings. The van der Waals surface area contributed by atoms with Crippen LogP contribution in [0.2, 0.25) is 0 Å². The maximum atomic E-state index is 11.1. The van der Waals surface area contributed by atoms with Gasteiger partial charge in [-0.25, -0.2) is 0 Å². The zero-order chi connectivity index (χ0) is 13.8. The van der Waals surface area contributed by atoms with E-state index in [1.165, 1.54) is 37.2 Å². The summed E-state index contributed by atoms with van der Waals surface area (Å²) in [5, 5.41) is 6.40. The minimum absolute atomic E-state index is 0.187. The first-order valence-corrected chi connectivity index (χ1v) is 7.65. The van der Waals surface area contributed by atoms with E-state index in [9.17, 15) is 4.79 Å². The Bertz CT molecular complexity index is 451. The van der Waals surface area contributed by atoms with E-state index in [0.29, 0.717) is 12.5 Å². The second-order valence-corrected chi connectivity index (χ2v) is 5.79. The normalized spacial score (nSPS) is 22.3. The Labute approximate surface area is 120 Å². The van der Waals surface area contributed by atoms with Crippen LogP contribution in [0.5, 0.6) is 0 Å². The predicted molar refractivity (Wildman–Crippen MR) is 80.8 cm³/mol. The second-order valence-electron chi connectivity index (χ2n) is 5.79. The van der Waals surface area contributed by atoms with Crippen LogP contribution in [0.15, 0.2) is 24.3 Å². The van der Waals surface area contributed by atoms with Crippen molar-refractivity contribution in [1.82, 2.24) is 10.6 Å². The van der Waals surface area contributed by atoms with Crippen molar-refractivity contribution < 1.29 is 4.79 Å². The molecule has 3 rings (SSSR count). The Kier molecular flexibility index (Phi) is 4.21. The average molecular weight is 273 g/mol. The van der Waals surface area contributed by atoms with Crippen LogP contribution in [0.25, 0.3) is 0 Å². The van der Waals surface area contributed by atoms with Gasteiger partial charge < -0.3 is 15.5 Å². The van der Waals surface area contributed by atoms with Crippen molar-refractivity contribution in [1.29, 1.82) is 0 Å². The van der Waals surface area contributed by atoms with E-state index in [4.69, 9.17) is 0 Å². The molecule has 1 unspecified atom stereocenters. The molecule has 4 heteroatoms. The van der Waals surface area contributed by atoms with Crippen molar-refractivity contribution in [2.75, 3.05) is 24.5 Å². The summed E-state index contributed by atoms with van der Waals surface area (Å²) in [6, 6.07) is 9.16. The molecule has 2 N–H and O–H groups in total. The first-order valence-electron chi connectivity index (χ1n) is 7.65. The quantitative estimate of drug-likeness (QED) is 0.857. The summed E-state index contributed by atoms with van der Waals surface area (Å²) in [5.74, 6) is 0.187. The smallest absolute Gasteiger partial charge is 0.220 e. The standard InChI is InChI=1S/C16H23N3O/c20-16-8-5-14(18-16)12-17-11-13-3-6-15(7-4-13)19-9-1-2-10-19/h3-4,6-7,14,17H,1-2,5,8-12H2,(H,18,20). The van der Waals surface area contributed by atoms with Crippen molar-refractivity contribution in [3.63, 3.8) is 0 Å². The number of nitrogens with zero attached hydrogens (tertiary/aromatic N) is 1. The zero-order valence-corrected chi connectivity index (χ0v) is 11.9. The van der Waals surface area contributed by atoms with Gasteiger partial charge in [-0.1, -0.05) is 12.1 Å². The third kappa shape index (κ3) is 3.31. The summed E-state index contributed by atoms with van der Waals surface area (Å²) < 4.78 is 0. The molecule has 2 heterocycles. The van der Waals surface area contributed by atoms with E-state index in [0.717, 1.165) is 19.5 Å². The number of benzene rings is 1. The van der Waals surface area contributed by atoms with Gasteiger partial charge in [0, 0.05) is 44.3 Å². The molecule has 2 saturated heterocycles. The van der Waals surface area contributed by atoms with Gasteiger partial charge in [0.05, 0.1) is 0 Å². The van der Waals surface area contributed by atoms with E-state index in [1.54, 1.807) is 0 Å². The first kappa shape index (κ1) is 13.4. The molecule has 0 aromatic heterocycles. The summed E-state index contributed by atoms with van der Waals surface area (Å²) in [4.78, 5) is 13.6. The van der Waals surface area contributed by atoms with Gasteiger partial charge >= 0.3 is 0 Å². The number of hydrogen-bond donors (Lipinski definition) is 2. The van der Waals surface area contributed by atoms with Gasteiger partial charge in [-0.05, 0) is 37.0 Å². The van der Waals surface area contributed by atoms with Gasteiger partial charge in [-0.3, -0.25) is 4.79 Å². The number of amides is 1. The average Bonchev–Trinajstić information content (AvgIpc) is 3.11. The molecule has 0 aliphatic carbocycles. The highest BCUT2D eigenvalue weighted by molar-refractivity contribution is 5.78. The lowest BCUT2D eigenvalue weighted by atomic mass is 10.2. The summed E-state index contributed by atoms with van der Waals surface area (Å²) in [6.07, 6.45) is 4.27. The van der Waals surface area contributed by atoms with Crippen molar-refractivity contribution in [3.05, 3.63) is 29.8 Å². The predicted octanol–water partition coefficient (Wildman–Crippen LogP) is 1.66. The number of hydrogen-bond acceptors (Lipinski definition) is 3. The number of carbonyl (C=O) groups excluding carboxylic acids is 1. The lowest BCUT2D eigenvalue weighted by Crippen LogP contribution is -2.35. The Balaban J connectivity index is 1.44. The van der Waals surface area contributed by atoms with Crippen molar-refractivity contribution in [2.45, 2.75) is 38.3 Å². The summed E-state index contributed by atoms with van der Waals surface area (Å²) in [6.45, 7) is 4.12. The monoisotopic (exact) mass is 273 g/mol. The number of nitrogens with one attached hydrogen (secondary N) is 2. The highest BCUT2D eigenvalue weighted by atomic mass is 16.1. The minimum atomic E-state index is 0.187. The fourth-order valence-electron chi connectivity index (χ4n) is 3.02. The molecule has 1 aromatic carbocycles. The van der Waals surface area contributed by atoms with E-state index < -0.39 is 0 Å². The maximum absolute atomic E-state index is 11.1. The molecule has 2 aliphatic heterocycles. The lowest BCUT2D eigenvalue weighted by Gasteiger charge is -2.18. The Morgan fingerprint density at radius 3 is 2.60 bits per heavy atom. The van der Waals surface area contributed by atoms with E-state index in [1.807, 2.05) is 0 Å². The maximum Gasteiger partial charge on any atom is 0.220 e. The third-order valence-corrected chi connectivity index (χ3v) is 4.21. The molecular weight excluding hydrogens is 250 g/mol. The molecular formula is C16H23N3O. The van der Waals surface area contributed by atoms with Gasteiger partial charge in [0.15, 0.2) is 0 Å². The first-order chi connectivity index (χ1) is 9.81. The van der Waals surface area contributed by atoms with Crippen molar-refractivity contribution in [3.8, 4) is 0 Å². The molecule has 4 nitrogen and oxygen atoms in total. The van der Waals surface area contributed by atoms with Crippen LogP contribution in [-0.4, -0.2) is 31.6 Å². The van der Waals surface area contributed by atoms with Crippen LogP contribution < -0.4 is 15.5 Å². The molecule has 0 bridgehead atoms. The molecule has 1 amide bonds. The van der Waals surface area contributed by atoms with Gasteiger partial charge in [0.2, 0.25) is 5.91 Å². The Morgan fingerprint density at radius 1 is 1.20 bits per heavy atom. The molecule has 0 saturated carbocycles. The largest absolute Gasteiger partial charge is 0.372 e. The minimum Gasteiger partial charge on any atom is -0.372 e. The van der Waals surface area contributed by atoms with Gasteiger partial charge in [0.25, 0.3) is 0 Å². The van der Waals surface area contributed by atoms with Gasteiger partial charge in [-0.15, -0.1) is 0 Å². The SMILES string of the molecule is O=C1CCC(CNCc2ccc(N3CCCC3)cc2)N1. The van der Waals surface area contributed by atoms with Crippen molar-refractivity contribution >= 4 is 11.6 Å². The van der Waals surface area contributed by atoms with Gasteiger partial charge in [-0.2, -0.15) is 0 Å². The van der Waals surface area contributed by atoms with Gasteiger partial charge in [0.1, 0.15) is 0 Å². The second kappa shape index (κ2) is 6.27. The molecule has 108 valence electrons. The van der Waals surface area contributed by atoms with Crippen LogP contribution in [0.4, 0.5) is 5.69 Å². The molecule has 1 aromatic rings. The summed E-state index contributed by atoms with van der Waals surface area (Å²) in [5.41, 5.74) is 2.64. The topological polar surface area (TPSA) is 44.4 Å². The lowest BCUT2D eigenvalue weighted by molar-refractivity contribution is -0.119. The molecule has 0 spiro atoms. The van der Waals surface area contributed by atoms with E-state index in [-0.39, 0.29) is 5.91 Å². The molecule has 20 heavy (non-hydrogen) atoms. The Hall–Kier alpha value is -1.55. The zero-order valence-electron chi connectivity index (χ0n) is 11.9. The molecule has 0 radical (unpaired) electrons. The fraction of sp³-hybridized carbons (Fsp3) is 0.562. The van der Waals surface area contributed by atoms with Crippen LogP contribution in [-0.2, 0) is 11.3 Å². The molecule has 1 atom stereocenters. The van der Waals surface area contributed by atoms with Crippen LogP contribution >= 0.6 is 0 Å². The number of rotatable bonds is 5. The van der Waals surface area contributed by atoms with Crippen LogP contribution in [0.3, 0.4) is 0 Å². The highest BCUT2D eigenvalue weighted by Gasteiger charge is 2.19. The number of anilines is 1.